The Bertz CT molecular complexity index is 216. The molecule has 0 saturated heterocycles. The molecule has 0 aromatic carbocycles. The Balaban J connectivity index is 0. The molecule has 0 rings (SSSR count). The molecule has 0 bridgehead atoms. The first-order valence-corrected chi connectivity index (χ1v) is 4.52. The van der Waals surface area contributed by atoms with E-state index in [9.17, 15) is 4.79 Å². The molecule has 0 heterocycles. The van der Waals surface area contributed by atoms with Crippen LogP contribution in [0.15, 0.2) is 12.7 Å². The Morgan fingerprint density at radius 2 is 2.13 bits per heavy atom. The summed E-state index contributed by atoms with van der Waals surface area (Å²) in [5, 5.41) is 8.97. The quantitative estimate of drug-likeness (QED) is 0.458. The fourth-order valence-corrected chi connectivity index (χ4v) is 1.42. The van der Waals surface area contributed by atoms with Gasteiger partial charge in [-0.15, -0.1) is 19.0 Å². The van der Waals surface area contributed by atoms with Crippen LogP contribution in [0.4, 0.5) is 0 Å². The van der Waals surface area contributed by atoms with Crippen molar-refractivity contribution in [2.75, 3.05) is 6.54 Å². The SMILES string of the molecule is C=CCC(C(=O)O)N(CC)C(C)(N)N.Cl. The molecule has 0 aromatic rings. The summed E-state index contributed by atoms with van der Waals surface area (Å²) in [5.41, 5.74) is 11.3. The number of hydrogen-bond acceptors (Lipinski definition) is 4. The maximum atomic E-state index is 10.9. The van der Waals surface area contributed by atoms with Crippen molar-refractivity contribution in [3.63, 3.8) is 0 Å². The summed E-state index contributed by atoms with van der Waals surface area (Å²) in [6, 6.07) is -0.711. The van der Waals surface area contributed by atoms with Crippen LogP contribution in [0.2, 0.25) is 0 Å². The number of halogens is 1. The lowest BCUT2D eigenvalue weighted by Gasteiger charge is -2.37. The predicted molar refractivity (Wildman–Crippen MR) is 62.6 cm³/mol. The van der Waals surface area contributed by atoms with Crippen molar-refractivity contribution in [1.29, 1.82) is 0 Å². The van der Waals surface area contributed by atoms with Crippen LogP contribution in [0.3, 0.4) is 0 Å². The molecule has 0 fully saturated rings. The minimum Gasteiger partial charge on any atom is -0.480 e. The van der Waals surface area contributed by atoms with Gasteiger partial charge in [-0.3, -0.25) is 9.69 Å². The number of hydrogen-bond donors (Lipinski definition) is 3. The number of aliphatic carboxylic acids is 1. The average Bonchev–Trinajstić information content (AvgIpc) is 2.01. The molecular formula is C9H20ClN3O2. The van der Waals surface area contributed by atoms with Gasteiger partial charge in [-0.2, -0.15) is 0 Å². The van der Waals surface area contributed by atoms with Crippen LogP contribution in [0.5, 0.6) is 0 Å². The lowest BCUT2D eigenvalue weighted by atomic mass is 10.1. The van der Waals surface area contributed by atoms with Crippen LogP contribution in [-0.2, 0) is 4.79 Å². The molecule has 0 aliphatic carbocycles. The second-order valence-corrected chi connectivity index (χ2v) is 3.39. The van der Waals surface area contributed by atoms with Crippen molar-refractivity contribution < 1.29 is 9.90 Å². The van der Waals surface area contributed by atoms with Gasteiger partial charge in [-0.25, -0.2) is 0 Å². The van der Waals surface area contributed by atoms with Gasteiger partial charge in [0.1, 0.15) is 11.8 Å². The molecule has 1 atom stereocenters. The molecule has 5 N–H and O–H groups in total. The smallest absolute Gasteiger partial charge is 0.321 e. The Labute approximate surface area is 96.5 Å². The number of carboxylic acid groups (broad SMARTS) is 1. The molecule has 0 aliphatic heterocycles. The van der Waals surface area contributed by atoms with Gasteiger partial charge >= 0.3 is 5.97 Å². The van der Waals surface area contributed by atoms with E-state index in [4.69, 9.17) is 16.6 Å². The van der Waals surface area contributed by atoms with Gasteiger partial charge in [0, 0.05) is 0 Å². The summed E-state index contributed by atoms with van der Waals surface area (Å²) >= 11 is 0. The maximum absolute atomic E-state index is 10.9. The Morgan fingerprint density at radius 1 is 1.67 bits per heavy atom. The molecule has 0 radical (unpaired) electrons. The van der Waals surface area contributed by atoms with Gasteiger partial charge in [0.25, 0.3) is 0 Å². The molecule has 5 nitrogen and oxygen atoms in total. The third kappa shape index (κ3) is 5.13. The highest BCUT2D eigenvalue weighted by atomic mass is 35.5. The maximum Gasteiger partial charge on any atom is 0.321 e. The first-order valence-electron chi connectivity index (χ1n) is 4.52. The zero-order valence-corrected chi connectivity index (χ0v) is 9.96. The highest BCUT2D eigenvalue weighted by Crippen LogP contribution is 2.11. The van der Waals surface area contributed by atoms with Crippen LogP contribution in [-0.4, -0.2) is 34.3 Å². The summed E-state index contributed by atoms with van der Waals surface area (Å²) in [4.78, 5) is 12.5. The summed E-state index contributed by atoms with van der Waals surface area (Å²) in [5.74, 6) is -2.06. The van der Waals surface area contributed by atoms with Gasteiger partial charge < -0.3 is 16.6 Å². The number of rotatable bonds is 6. The minimum absolute atomic E-state index is 0. The largest absolute Gasteiger partial charge is 0.480 e. The molecule has 90 valence electrons. The lowest BCUT2D eigenvalue weighted by molar-refractivity contribution is -0.145. The van der Waals surface area contributed by atoms with E-state index in [-0.39, 0.29) is 12.4 Å². The van der Waals surface area contributed by atoms with Crippen LogP contribution in [0, 0.1) is 0 Å². The van der Waals surface area contributed by atoms with Crippen LogP contribution in [0.25, 0.3) is 0 Å². The van der Waals surface area contributed by atoms with E-state index >= 15 is 0 Å². The standard InChI is InChI=1S/C9H19N3O2.ClH/c1-4-6-7(8(13)14)12(5-2)9(3,10)11;/h4,7H,1,5-6,10-11H2,2-3H3,(H,13,14);1H. The highest BCUT2D eigenvalue weighted by molar-refractivity contribution is 5.85. The van der Waals surface area contributed by atoms with Gasteiger partial charge in [-0.1, -0.05) is 13.0 Å². The van der Waals surface area contributed by atoms with E-state index in [2.05, 4.69) is 6.58 Å². The molecule has 0 amide bonds. The topological polar surface area (TPSA) is 92.6 Å². The zero-order chi connectivity index (χ0) is 11.4. The van der Waals surface area contributed by atoms with Crippen molar-refractivity contribution in [3.05, 3.63) is 12.7 Å². The molecular weight excluding hydrogens is 218 g/mol. The van der Waals surface area contributed by atoms with E-state index < -0.39 is 17.8 Å². The Morgan fingerprint density at radius 3 is 2.33 bits per heavy atom. The van der Waals surface area contributed by atoms with E-state index in [0.29, 0.717) is 13.0 Å². The molecule has 15 heavy (non-hydrogen) atoms. The van der Waals surface area contributed by atoms with Gasteiger partial charge in [0.2, 0.25) is 0 Å². The van der Waals surface area contributed by atoms with E-state index in [1.165, 1.54) is 4.90 Å². The fourth-order valence-electron chi connectivity index (χ4n) is 1.42. The number of carboxylic acids is 1. The molecule has 0 spiro atoms. The normalized spacial score (nSPS) is 13.1. The fraction of sp³-hybridized carbons (Fsp3) is 0.667. The zero-order valence-electron chi connectivity index (χ0n) is 9.14. The molecule has 0 saturated carbocycles. The predicted octanol–water partition coefficient (Wildman–Crippen LogP) is 0.351. The van der Waals surface area contributed by atoms with Crippen LogP contribution < -0.4 is 11.5 Å². The van der Waals surface area contributed by atoms with Crippen molar-refractivity contribution in [2.45, 2.75) is 32.1 Å². The summed E-state index contributed by atoms with van der Waals surface area (Å²) in [6.07, 6.45) is 1.88. The number of nitrogens with zero attached hydrogens (tertiary/aromatic N) is 1. The minimum atomic E-state index is -1.12. The molecule has 1 unspecified atom stereocenters. The Hall–Kier alpha value is -0.620. The first-order chi connectivity index (χ1) is 6.34. The van der Waals surface area contributed by atoms with E-state index in [1.807, 2.05) is 6.92 Å². The Kier molecular flexibility index (Phi) is 7.60. The summed E-state index contributed by atoms with van der Waals surface area (Å²) in [6.45, 7) is 7.39. The number of likely N-dealkylation sites (N-methyl/N-ethyl adjacent to an activating group) is 1. The van der Waals surface area contributed by atoms with Gasteiger partial charge in [0.15, 0.2) is 0 Å². The molecule has 6 heteroatoms. The molecule has 0 aromatic heterocycles. The third-order valence-electron chi connectivity index (χ3n) is 2.01. The van der Waals surface area contributed by atoms with Crippen LogP contribution >= 0.6 is 12.4 Å². The number of carbonyl (C=O) groups is 1. The summed E-state index contributed by atoms with van der Waals surface area (Å²) < 4.78 is 0. The summed E-state index contributed by atoms with van der Waals surface area (Å²) in [7, 11) is 0. The first kappa shape index (κ1) is 16.8. The van der Waals surface area contributed by atoms with E-state index in [0.717, 1.165) is 0 Å². The van der Waals surface area contributed by atoms with Crippen LogP contribution in [0.1, 0.15) is 20.3 Å². The van der Waals surface area contributed by atoms with E-state index in [1.54, 1.807) is 13.0 Å². The average molecular weight is 238 g/mol. The lowest BCUT2D eigenvalue weighted by Crippen LogP contribution is -2.65. The van der Waals surface area contributed by atoms with Crippen molar-refractivity contribution in [1.82, 2.24) is 4.90 Å². The van der Waals surface area contributed by atoms with Gasteiger partial charge in [0.05, 0.1) is 0 Å². The second-order valence-electron chi connectivity index (χ2n) is 3.39. The van der Waals surface area contributed by atoms with Crippen molar-refractivity contribution in [2.24, 2.45) is 11.5 Å². The van der Waals surface area contributed by atoms with Crippen molar-refractivity contribution in [3.8, 4) is 0 Å². The monoisotopic (exact) mass is 237 g/mol. The third-order valence-corrected chi connectivity index (χ3v) is 2.01. The number of nitrogens with two attached hydrogens (primary N) is 2. The second kappa shape index (κ2) is 6.79. The highest BCUT2D eigenvalue weighted by Gasteiger charge is 2.32. The van der Waals surface area contributed by atoms with Gasteiger partial charge in [-0.05, 0) is 19.9 Å². The molecule has 0 aliphatic rings. The van der Waals surface area contributed by atoms with Crippen molar-refractivity contribution >= 4 is 18.4 Å².